The number of hydrogen-bond acceptors (Lipinski definition) is 5. The first kappa shape index (κ1) is 22.1. The number of aryl methyl sites for hydroxylation is 2. The van der Waals surface area contributed by atoms with Crippen molar-refractivity contribution in [3.8, 4) is 0 Å². The van der Waals surface area contributed by atoms with Crippen LogP contribution in [0.3, 0.4) is 0 Å². The maximum atomic E-state index is 12.7. The smallest absolute Gasteiger partial charge is 0.289 e. The standard InChI is InChI=1S/C26H32N4O2/c1-5-19(3)24-27-20(4)22(17-21-10-8-18(2)9-11-21)25(28-24)29-12-14-30(15-13-29)26(31)23-7-6-16-32-23/h6-11,16,19H,5,12-15,17H2,1-4H3/t19-/m1/s1. The van der Waals surface area contributed by atoms with Gasteiger partial charge in [-0.1, -0.05) is 43.7 Å². The van der Waals surface area contributed by atoms with Gasteiger partial charge in [0.1, 0.15) is 11.6 Å². The molecule has 168 valence electrons. The number of nitrogens with zero attached hydrogens (tertiary/aromatic N) is 4. The molecule has 4 rings (SSSR count). The first-order chi connectivity index (χ1) is 15.5. The van der Waals surface area contributed by atoms with Crippen molar-refractivity contribution in [2.45, 2.75) is 46.5 Å². The minimum absolute atomic E-state index is 0.0475. The number of aromatic nitrogens is 2. The van der Waals surface area contributed by atoms with E-state index in [-0.39, 0.29) is 5.91 Å². The molecular formula is C26H32N4O2. The molecule has 1 aliphatic heterocycles. The molecule has 32 heavy (non-hydrogen) atoms. The number of amides is 1. The normalized spacial score (nSPS) is 15.1. The monoisotopic (exact) mass is 432 g/mol. The molecule has 0 N–H and O–H groups in total. The fourth-order valence-corrected chi connectivity index (χ4v) is 4.06. The zero-order chi connectivity index (χ0) is 22.7. The maximum Gasteiger partial charge on any atom is 0.289 e. The Kier molecular flexibility index (Phi) is 6.58. The molecule has 3 aromatic rings. The van der Waals surface area contributed by atoms with Crippen LogP contribution in [0.1, 0.15) is 64.9 Å². The zero-order valence-corrected chi connectivity index (χ0v) is 19.5. The average Bonchev–Trinajstić information content (AvgIpc) is 3.35. The van der Waals surface area contributed by atoms with Gasteiger partial charge >= 0.3 is 0 Å². The van der Waals surface area contributed by atoms with E-state index in [2.05, 4.69) is 56.9 Å². The minimum Gasteiger partial charge on any atom is -0.459 e. The highest BCUT2D eigenvalue weighted by molar-refractivity contribution is 5.91. The van der Waals surface area contributed by atoms with Gasteiger partial charge in [0.05, 0.1) is 6.26 Å². The molecule has 0 bridgehead atoms. The summed E-state index contributed by atoms with van der Waals surface area (Å²) >= 11 is 0. The molecular weight excluding hydrogens is 400 g/mol. The summed E-state index contributed by atoms with van der Waals surface area (Å²) in [5.74, 6) is 2.58. The second-order valence-corrected chi connectivity index (χ2v) is 8.70. The van der Waals surface area contributed by atoms with Gasteiger partial charge in [-0.15, -0.1) is 0 Å². The molecule has 2 aromatic heterocycles. The summed E-state index contributed by atoms with van der Waals surface area (Å²) in [6, 6.07) is 12.1. The SMILES string of the molecule is CC[C@@H](C)c1nc(C)c(Cc2ccc(C)cc2)c(N2CCN(C(=O)c3ccco3)CC2)n1. The summed E-state index contributed by atoms with van der Waals surface area (Å²) in [6.45, 7) is 11.3. The molecule has 1 amide bonds. The van der Waals surface area contributed by atoms with Crippen LogP contribution in [0.15, 0.2) is 47.1 Å². The van der Waals surface area contributed by atoms with E-state index in [9.17, 15) is 4.79 Å². The highest BCUT2D eigenvalue weighted by Crippen LogP contribution is 2.28. The Labute approximate surface area is 190 Å². The number of anilines is 1. The molecule has 0 saturated carbocycles. The molecule has 0 unspecified atom stereocenters. The van der Waals surface area contributed by atoms with Crippen LogP contribution in [-0.2, 0) is 6.42 Å². The number of rotatable bonds is 6. The Morgan fingerprint density at radius 1 is 1.06 bits per heavy atom. The lowest BCUT2D eigenvalue weighted by Crippen LogP contribution is -2.49. The van der Waals surface area contributed by atoms with Gasteiger partial charge in [0, 0.05) is 49.8 Å². The Morgan fingerprint density at radius 3 is 2.41 bits per heavy atom. The fourth-order valence-electron chi connectivity index (χ4n) is 4.06. The largest absolute Gasteiger partial charge is 0.459 e. The fraction of sp³-hybridized carbons (Fsp3) is 0.423. The van der Waals surface area contributed by atoms with Gasteiger partial charge < -0.3 is 14.2 Å². The van der Waals surface area contributed by atoms with Gasteiger partial charge in [0.15, 0.2) is 5.76 Å². The van der Waals surface area contributed by atoms with Crippen LogP contribution < -0.4 is 4.90 Å². The first-order valence-electron chi connectivity index (χ1n) is 11.5. The first-order valence-corrected chi connectivity index (χ1v) is 11.5. The second kappa shape index (κ2) is 9.55. The number of piperazine rings is 1. The van der Waals surface area contributed by atoms with E-state index < -0.39 is 0 Å². The van der Waals surface area contributed by atoms with Crippen molar-refractivity contribution in [2.24, 2.45) is 0 Å². The third-order valence-electron chi connectivity index (χ3n) is 6.36. The second-order valence-electron chi connectivity index (χ2n) is 8.70. The van der Waals surface area contributed by atoms with Gasteiger partial charge in [-0.05, 0) is 38.0 Å². The van der Waals surface area contributed by atoms with Crippen LogP contribution in [0, 0.1) is 13.8 Å². The van der Waals surface area contributed by atoms with Gasteiger partial charge in [-0.2, -0.15) is 0 Å². The highest BCUT2D eigenvalue weighted by atomic mass is 16.3. The van der Waals surface area contributed by atoms with Crippen LogP contribution in [0.4, 0.5) is 5.82 Å². The molecule has 1 saturated heterocycles. The molecule has 0 radical (unpaired) electrons. The maximum absolute atomic E-state index is 12.7. The zero-order valence-electron chi connectivity index (χ0n) is 19.5. The van der Waals surface area contributed by atoms with E-state index in [1.807, 2.05) is 4.90 Å². The Hall–Kier alpha value is -3.15. The third kappa shape index (κ3) is 4.69. The summed E-state index contributed by atoms with van der Waals surface area (Å²) in [4.78, 5) is 26.8. The number of carbonyl (C=O) groups is 1. The molecule has 1 fully saturated rings. The lowest BCUT2D eigenvalue weighted by atomic mass is 10.0. The van der Waals surface area contributed by atoms with Crippen molar-refractivity contribution >= 4 is 11.7 Å². The molecule has 6 heteroatoms. The van der Waals surface area contributed by atoms with Gasteiger partial charge in [-0.3, -0.25) is 4.79 Å². The van der Waals surface area contributed by atoms with Gasteiger partial charge in [-0.25, -0.2) is 9.97 Å². The van der Waals surface area contributed by atoms with E-state index in [4.69, 9.17) is 14.4 Å². The van der Waals surface area contributed by atoms with Gasteiger partial charge in [0.25, 0.3) is 5.91 Å². The molecule has 3 heterocycles. The van der Waals surface area contributed by atoms with Crippen LogP contribution >= 0.6 is 0 Å². The molecule has 1 atom stereocenters. The quantitative estimate of drug-likeness (QED) is 0.562. The van der Waals surface area contributed by atoms with Crippen molar-refractivity contribution in [3.05, 3.63) is 76.6 Å². The molecule has 1 aromatic carbocycles. The van der Waals surface area contributed by atoms with Crippen molar-refractivity contribution in [2.75, 3.05) is 31.1 Å². The average molecular weight is 433 g/mol. The van der Waals surface area contributed by atoms with E-state index in [0.29, 0.717) is 24.8 Å². The number of furan rings is 1. The topological polar surface area (TPSA) is 62.5 Å². The van der Waals surface area contributed by atoms with Crippen molar-refractivity contribution < 1.29 is 9.21 Å². The van der Waals surface area contributed by atoms with E-state index in [0.717, 1.165) is 43.3 Å². The van der Waals surface area contributed by atoms with Crippen LogP contribution in [-0.4, -0.2) is 47.0 Å². The van der Waals surface area contributed by atoms with E-state index in [1.54, 1.807) is 18.4 Å². The van der Waals surface area contributed by atoms with Crippen molar-refractivity contribution in [1.82, 2.24) is 14.9 Å². The van der Waals surface area contributed by atoms with Crippen molar-refractivity contribution in [1.29, 1.82) is 0 Å². The minimum atomic E-state index is -0.0475. The molecule has 0 aliphatic carbocycles. The predicted octanol–water partition coefficient (Wildman–Crippen LogP) is 4.75. The van der Waals surface area contributed by atoms with Crippen LogP contribution in [0.2, 0.25) is 0 Å². The van der Waals surface area contributed by atoms with E-state index >= 15 is 0 Å². The number of benzene rings is 1. The molecule has 0 spiro atoms. The van der Waals surface area contributed by atoms with Crippen molar-refractivity contribution in [3.63, 3.8) is 0 Å². The highest BCUT2D eigenvalue weighted by Gasteiger charge is 2.27. The Balaban J connectivity index is 1.60. The lowest BCUT2D eigenvalue weighted by molar-refractivity contribution is 0.0714. The van der Waals surface area contributed by atoms with Gasteiger partial charge in [0.2, 0.25) is 0 Å². The molecule has 1 aliphatic rings. The van der Waals surface area contributed by atoms with Crippen LogP contribution in [0.5, 0.6) is 0 Å². The lowest BCUT2D eigenvalue weighted by Gasteiger charge is -2.36. The molecule has 6 nitrogen and oxygen atoms in total. The Bertz CT molecular complexity index is 1050. The number of hydrogen-bond donors (Lipinski definition) is 0. The third-order valence-corrected chi connectivity index (χ3v) is 6.36. The summed E-state index contributed by atoms with van der Waals surface area (Å²) in [5.41, 5.74) is 4.73. The Morgan fingerprint density at radius 2 is 1.78 bits per heavy atom. The summed E-state index contributed by atoms with van der Waals surface area (Å²) in [7, 11) is 0. The van der Waals surface area contributed by atoms with E-state index in [1.165, 1.54) is 16.7 Å². The number of carbonyl (C=O) groups excluding carboxylic acids is 1. The summed E-state index contributed by atoms with van der Waals surface area (Å²) < 4.78 is 5.30. The summed E-state index contributed by atoms with van der Waals surface area (Å²) in [5, 5.41) is 0. The predicted molar refractivity (Wildman–Crippen MR) is 126 cm³/mol. The summed E-state index contributed by atoms with van der Waals surface area (Å²) in [6.07, 6.45) is 3.34. The van der Waals surface area contributed by atoms with Crippen LogP contribution in [0.25, 0.3) is 0 Å².